The normalized spacial score (nSPS) is 19.7. The third kappa shape index (κ3) is 3.84. The zero-order valence-electron chi connectivity index (χ0n) is 13.6. The molecule has 7 heteroatoms. The van der Waals surface area contributed by atoms with Gasteiger partial charge in [0.1, 0.15) is 0 Å². The van der Waals surface area contributed by atoms with E-state index in [1.807, 2.05) is 32.0 Å². The highest BCUT2D eigenvalue weighted by atomic mass is 32.2. The molecule has 1 aromatic heterocycles. The number of nitrogens with zero attached hydrogens (tertiary/aromatic N) is 4. The second-order valence-corrected chi connectivity index (χ2v) is 7.49. The summed E-state index contributed by atoms with van der Waals surface area (Å²) in [6.45, 7) is 4.84. The molecule has 0 unspecified atom stereocenters. The Hall–Kier alpha value is -1.60. The van der Waals surface area contributed by atoms with Crippen LogP contribution >= 0.6 is 0 Å². The lowest BCUT2D eigenvalue weighted by molar-refractivity contribution is 0.0310. The molecule has 6 nitrogen and oxygen atoms in total. The van der Waals surface area contributed by atoms with Crippen molar-refractivity contribution in [2.24, 2.45) is 0 Å². The summed E-state index contributed by atoms with van der Waals surface area (Å²) in [5.41, 5.74) is 3.17. The van der Waals surface area contributed by atoms with Crippen molar-refractivity contribution in [1.29, 1.82) is 0 Å². The van der Waals surface area contributed by atoms with Gasteiger partial charge in [0, 0.05) is 17.4 Å². The van der Waals surface area contributed by atoms with Gasteiger partial charge in [0.15, 0.2) is 5.82 Å². The maximum absolute atomic E-state index is 12.5. The van der Waals surface area contributed by atoms with E-state index in [2.05, 4.69) is 15.5 Å². The molecule has 2 heterocycles. The van der Waals surface area contributed by atoms with Crippen LogP contribution in [0.15, 0.2) is 18.2 Å². The van der Waals surface area contributed by atoms with Crippen molar-refractivity contribution < 1.29 is 8.95 Å². The van der Waals surface area contributed by atoms with Crippen LogP contribution in [0.25, 0.3) is 5.69 Å². The molecule has 1 saturated heterocycles. The summed E-state index contributed by atoms with van der Waals surface area (Å²) >= 11 is 0. The summed E-state index contributed by atoms with van der Waals surface area (Å²) in [5, 5.41) is 12.0. The van der Waals surface area contributed by atoms with Gasteiger partial charge in [-0.25, -0.2) is 0 Å². The first kappa shape index (κ1) is 16.3. The van der Waals surface area contributed by atoms with Crippen LogP contribution in [-0.2, 0) is 21.3 Å². The van der Waals surface area contributed by atoms with E-state index >= 15 is 0 Å². The predicted molar refractivity (Wildman–Crippen MR) is 88.9 cm³/mol. The molecular formula is C16H22N4O2S. The molecule has 0 bridgehead atoms. The summed E-state index contributed by atoms with van der Waals surface area (Å²) in [4.78, 5) is 0. The van der Waals surface area contributed by atoms with Gasteiger partial charge in [-0.05, 0) is 54.7 Å². The van der Waals surface area contributed by atoms with E-state index in [0.29, 0.717) is 17.3 Å². The Morgan fingerprint density at radius 3 is 2.78 bits per heavy atom. The molecular weight excluding hydrogens is 312 g/mol. The third-order valence-corrected chi connectivity index (χ3v) is 5.44. The Labute approximate surface area is 138 Å². The van der Waals surface area contributed by atoms with Gasteiger partial charge in [-0.2, -0.15) is 4.68 Å². The van der Waals surface area contributed by atoms with Gasteiger partial charge in [0.25, 0.3) is 0 Å². The van der Waals surface area contributed by atoms with Gasteiger partial charge in [-0.3, -0.25) is 4.21 Å². The molecule has 0 radical (unpaired) electrons. The standard InChI is InChI=1S/C16H22N4O2S/c1-12-6-5-7-13(2)16(12)20-15(17-18-19-20)11-23(21)10-14-8-3-4-9-22-14/h5-7,14H,3-4,8-11H2,1-2H3/t14-,23-/m0/s1. The number of tetrazole rings is 1. The molecule has 1 fully saturated rings. The fourth-order valence-electron chi connectivity index (χ4n) is 2.96. The van der Waals surface area contributed by atoms with Gasteiger partial charge in [-0.15, -0.1) is 5.10 Å². The summed E-state index contributed by atoms with van der Waals surface area (Å²) in [7, 11) is -1.03. The first-order valence-electron chi connectivity index (χ1n) is 7.95. The topological polar surface area (TPSA) is 69.9 Å². The average molecular weight is 334 g/mol. The van der Waals surface area contributed by atoms with Crippen molar-refractivity contribution in [2.75, 3.05) is 12.4 Å². The zero-order valence-corrected chi connectivity index (χ0v) is 14.4. The number of para-hydroxylation sites is 1. The fourth-order valence-corrected chi connectivity index (χ4v) is 4.22. The average Bonchev–Trinajstić information content (AvgIpc) is 2.96. The van der Waals surface area contributed by atoms with Crippen LogP contribution in [0, 0.1) is 13.8 Å². The third-order valence-electron chi connectivity index (χ3n) is 4.12. The summed E-state index contributed by atoms with van der Waals surface area (Å²) in [5.74, 6) is 1.54. The number of hydrogen-bond donors (Lipinski definition) is 0. The van der Waals surface area contributed by atoms with Crippen molar-refractivity contribution in [1.82, 2.24) is 20.2 Å². The molecule has 23 heavy (non-hydrogen) atoms. The van der Waals surface area contributed by atoms with Crippen LogP contribution in [0.1, 0.15) is 36.2 Å². The molecule has 0 saturated carbocycles. The molecule has 0 aliphatic carbocycles. The number of ether oxygens (including phenoxy) is 1. The Morgan fingerprint density at radius 2 is 2.09 bits per heavy atom. The van der Waals surface area contributed by atoms with E-state index in [0.717, 1.165) is 42.7 Å². The molecule has 1 aromatic carbocycles. The molecule has 0 spiro atoms. The van der Waals surface area contributed by atoms with E-state index in [1.54, 1.807) is 4.68 Å². The number of aromatic nitrogens is 4. The summed E-state index contributed by atoms with van der Waals surface area (Å²) < 4.78 is 19.8. The second kappa shape index (κ2) is 7.31. The van der Waals surface area contributed by atoms with Crippen LogP contribution in [-0.4, -0.2) is 42.9 Å². The summed E-state index contributed by atoms with van der Waals surface area (Å²) in [6, 6.07) is 6.07. The Kier molecular flexibility index (Phi) is 5.17. The highest BCUT2D eigenvalue weighted by Gasteiger charge is 2.20. The van der Waals surface area contributed by atoms with E-state index < -0.39 is 10.8 Å². The largest absolute Gasteiger partial charge is 0.377 e. The lowest BCUT2D eigenvalue weighted by Crippen LogP contribution is -2.26. The fraction of sp³-hybridized carbons (Fsp3) is 0.562. The minimum absolute atomic E-state index is 0.106. The van der Waals surface area contributed by atoms with Crippen molar-refractivity contribution in [3.8, 4) is 5.69 Å². The van der Waals surface area contributed by atoms with Crippen LogP contribution in [0.2, 0.25) is 0 Å². The molecule has 2 aromatic rings. The first-order chi connectivity index (χ1) is 11.1. The number of rotatable bonds is 5. The van der Waals surface area contributed by atoms with Crippen molar-refractivity contribution >= 4 is 10.8 Å². The minimum Gasteiger partial charge on any atom is -0.377 e. The number of benzene rings is 1. The molecule has 0 amide bonds. The molecule has 1 aliphatic rings. The van der Waals surface area contributed by atoms with E-state index in [-0.39, 0.29) is 6.10 Å². The Morgan fingerprint density at radius 1 is 1.30 bits per heavy atom. The van der Waals surface area contributed by atoms with Crippen molar-refractivity contribution in [3.63, 3.8) is 0 Å². The first-order valence-corrected chi connectivity index (χ1v) is 9.44. The predicted octanol–water partition coefficient (Wildman–Crippen LogP) is 2.10. The van der Waals surface area contributed by atoms with Crippen LogP contribution in [0.3, 0.4) is 0 Å². The monoisotopic (exact) mass is 334 g/mol. The van der Waals surface area contributed by atoms with Gasteiger partial charge in [-0.1, -0.05) is 18.2 Å². The molecule has 124 valence electrons. The van der Waals surface area contributed by atoms with Gasteiger partial charge >= 0.3 is 0 Å². The second-order valence-electron chi connectivity index (χ2n) is 5.99. The number of aryl methyl sites for hydroxylation is 2. The quantitative estimate of drug-likeness (QED) is 0.837. The van der Waals surface area contributed by atoms with E-state index in [9.17, 15) is 4.21 Å². The highest BCUT2D eigenvalue weighted by molar-refractivity contribution is 7.84. The highest BCUT2D eigenvalue weighted by Crippen LogP contribution is 2.20. The molecule has 1 aliphatic heterocycles. The van der Waals surface area contributed by atoms with Gasteiger partial charge in [0.2, 0.25) is 0 Å². The lowest BCUT2D eigenvalue weighted by atomic mass is 10.1. The Bertz CT molecular complexity index is 675. The maximum atomic E-state index is 12.5. The van der Waals surface area contributed by atoms with Crippen LogP contribution in [0.5, 0.6) is 0 Å². The van der Waals surface area contributed by atoms with Crippen LogP contribution in [0.4, 0.5) is 0 Å². The van der Waals surface area contributed by atoms with Gasteiger partial charge < -0.3 is 4.74 Å². The van der Waals surface area contributed by atoms with Crippen LogP contribution < -0.4 is 0 Å². The van der Waals surface area contributed by atoms with Gasteiger partial charge in [0.05, 0.1) is 23.3 Å². The minimum atomic E-state index is -1.03. The SMILES string of the molecule is Cc1cccc(C)c1-n1nnnc1C[S@@](=O)C[C@@H]1CCCCO1. The molecule has 0 N–H and O–H groups in total. The number of hydrogen-bond acceptors (Lipinski definition) is 5. The van der Waals surface area contributed by atoms with E-state index in [4.69, 9.17) is 4.74 Å². The van der Waals surface area contributed by atoms with E-state index in [1.165, 1.54) is 0 Å². The molecule has 3 rings (SSSR count). The smallest absolute Gasteiger partial charge is 0.169 e. The summed E-state index contributed by atoms with van der Waals surface area (Å²) in [6.07, 6.45) is 3.36. The maximum Gasteiger partial charge on any atom is 0.169 e. The van der Waals surface area contributed by atoms with Crippen molar-refractivity contribution in [2.45, 2.75) is 45.0 Å². The zero-order chi connectivity index (χ0) is 16.2. The molecule has 2 atom stereocenters. The lowest BCUT2D eigenvalue weighted by Gasteiger charge is -2.21. The van der Waals surface area contributed by atoms with Crippen molar-refractivity contribution in [3.05, 3.63) is 35.2 Å². The Balaban J connectivity index is 1.75.